The van der Waals surface area contributed by atoms with Crippen LogP contribution in [0.4, 0.5) is 9.52 Å². The topological polar surface area (TPSA) is 67.3 Å². The van der Waals surface area contributed by atoms with Crippen molar-refractivity contribution in [1.82, 2.24) is 14.9 Å². The summed E-state index contributed by atoms with van der Waals surface area (Å²) >= 11 is 3.05. The molecule has 0 spiro atoms. The van der Waals surface area contributed by atoms with Gasteiger partial charge in [0.15, 0.2) is 5.13 Å². The summed E-state index contributed by atoms with van der Waals surface area (Å²) in [7, 11) is 1.69. The minimum absolute atomic E-state index is 0.0893. The van der Waals surface area contributed by atoms with E-state index in [-0.39, 0.29) is 23.9 Å². The molecule has 5 rings (SSSR count). The number of rotatable bonds is 6. The second-order valence-corrected chi connectivity index (χ2v) is 10.5. The van der Waals surface area contributed by atoms with Gasteiger partial charge in [0.1, 0.15) is 11.5 Å². The maximum absolute atomic E-state index is 13.8. The molecule has 2 aromatic heterocycles. The Balaban J connectivity index is 1.41. The van der Waals surface area contributed by atoms with Gasteiger partial charge < -0.3 is 15.0 Å². The number of benzene rings is 2. The molecule has 0 radical (unpaired) electrons. The van der Waals surface area contributed by atoms with E-state index in [2.05, 4.69) is 15.3 Å². The average molecular weight is 497 g/mol. The van der Waals surface area contributed by atoms with Crippen LogP contribution in [0.15, 0.2) is 48.5 Å². The molecule has 1 saturated heterocycles. The molecule has 2 atom stereocenters. The largest absolute Gasteiger partial charge is 0.379 e. The third kappa shape index (κ3) is 4.55. The monoisotopic (exact) mass is 496 g/mol. The Kier molecular flexibility index (Phi) is 6.58. The molecule has 6 nitrogen and oxygen atoms in total. The third-order valence-electron chi connectivity index (χ3n) is 6.08. The molecule has 1 fully saturated rings. The first-order chi connectivity index (χ1) is 16.5. The Hall–Kier alpha value is -2.88. The lowest BCUT2D eigenvalue weighted by molar-refractivity contribution is -0.00764. The van der Waals surface area contributed by atoms with Crippen LogP contribution >= 0.6 is 22.7 Å². The number of hydrogen-bond acceptors (Lipinski definition) is 7. The Bertz CT molecular complexity index is 1270. The Morgan fingerprint density at radius 2 is 1.97 bits per heavy atom. The maximum atomic E-state index is 13.8. The second kappa shape index (κ2) is 9.77. The highest BCUT2D eigenvalue weighted by atomic mass is 32.1. The average Bonchev–Trinajstić information content (AvgIpc) is 3.45. The minimum Gasteiger partial charge on any atom is -0.379 e. The zero-order valence-electron chi connectivity index (χ0n) is 19.0. The van der Waals surface area contributed by atoms with Crippen molar-refractivity contribution in [2.75, 3.05) is 25.5 Å². The molecular formula is C25H25FN4O2S2. The molecular weight excluding hydrogens is 471 g/mol. The number of methoxy groups -OCH3 is 1. The number of thiazole rings is 2. The lowest BCUT2D eigenvalue weighted by atomic mass is 9.97. The van der Waals surface area contributed by atoms with Crippen LogP contribution in [-0.2, 0) is 4.74 Å². The van der Waals surface area contributed by atoms with Gasteiger partial charge in [-0.3, -0.25) is 4.79 Å². The van der Waals surface area contributed by atoms with Crippen molar-refractivity contribution in [3.05, 3.63) is 65.0 Å². The molecule has 34 heavy (non-hydrogen) atoms. The predicted molar refractivity (Wildman–Crippen MR) is 135 cm³/mol. The molecule has 9 heteroatoms. The van der Waals surface area contributed by atoms with Crippen molar-refractivity contribution < 1.29 is 13.9 Å². The lowest BCUT2D eigenvalue weighted by Gasteiger charge is -2.40. The highest BCUT2D eigenvalue weighted by Crippen LogP contribution is 2.33. The number of piperidine rings is 1. The molecule has 2 aromatic carbocycles. The van der Waals surface area contributed by atoms with Crippen LogP contribution in [0.5, 0.6) is 0 Å². The smallest absolute Gasteiger partial charge is 0.274 e. The first-order valence-electron chi connectivity index (χ1n) is 11.2. The van der Waals surface area contributed by atoms with Crippen molar-refractivity contribution >= 4 is 43.9 Å². The summed E-state index contributed by atoms with van der Waals surface area (Å²) in [6.07, 6.45) is 1.65. The van der Waals surface area contributed by atoms with Gasteiger partial charge in [-0.25, -0.2) is 14.4 Å². The van der Waals surface area contributed by atoms with Gasteiger partial charge in [0.05, 0.1) is 32.2 Å². The number of nitrogens with zero attached hydrogens (tertiary/aromatic N) is 3. The summed E-state index contributed by atoms with van der Waals surface area (Å²) < 4.78 is 20.4. The van der Waals surface area contributed by atoms with Crippen LogP contribution in [-0.4, -0.2) is 53.1 Å². The fraction of sp³-hybridized carbons (Fsp3) is 0.320. The molecule has 176 valence electrons. The van der Waals surface area contributed by atoms with Gasteiger partial charge in [0.2, 0.25) is 0 Å². The van der Waals surface area contributed by atoms with Gasteiger partial charge in [0.25, 0.3) is 5.91 Å². The zero-order valence-corrected chi connectivity index (χ0v) is 20.6. The standard InChI is InChI=1S/C25H25FN4O2S2/c1-15-28-22(23(33-15)16-9-11-17(26)12-10-16)24(31)30-13-5-7-20(32-2)19(30)14-27-25-29-18-6-3-4-8-21(18)34-25/h3-4,6,8-12,19-20H,5,7,13-14H2,1-2H3,(H,27,29). The van der Waals surface area contributed by atoms with Crippen molar-refractivity contribution in [1.29, 1.82) is 0 Å². The van der Waals surface area contributed by atoms with Gasteiger partial charge in [0, 0.05) is 20.2 Å². The number of ether oxygens (including phenoxy) is 1. The van der Waals surface area contributed by atoms with E-state index < -0.39 is 0 Å². The van der Waals surface area contributed by atoms with Crippen LogP contribution in [0.3, 0.4) is 0 Å². The zero-order chi connectivity index (χ0) is 23.7. The summed E-state index contributed by atoms with van der Waals surface area (Å²) in [6.45, 7) is 3.04. The number of aromatic nitrogens is 2. The Morgan fingerprint density at radius 3 is 2.74 bits per heavy atom. The summed E-state index contributed by atoms with van der Waals surface area (Å²) in [5, 5.41) is 5.06. The van der Waals surface area contributed by atoms with E-state index in [1.54, 1.807) is 30.6 Å². The Labute approximate surface area is 205 Å². The molecule has 0 bridgehead atoms. The number of hydrogen-bond donors (Lipinski definition) is 1. The summed E-state index contributed by atoms with van der Waals surface area (Å²) in [4.78, 5) is 25.7. The number of anilines is 1. The van der Waals surface area contributed by atoms with Crippen molar-refractivity contribution in [3.8, 4) is 10.4 Å². The molecule has 2 unspecified atom stereocenters. The molecule has 1 aliphatic heterocycles. The minimum atomic E-state index is -0.308. The van der Waals surface area contributed by atoms with E-state index in [9.17, 15) is 9.18 Å². The number of carbonyl (C=O) groups is 1. The quantitative estimate of drug-likeness (QED) is 0.376. The van der Waals surface area contributed by atoms with Gasteiger partial charge in [-0.2, -0.15) is 0 Å². The number of likely N-dealkylation sites (tertiary alicyclic amines) is 1. The predicted octanol–water partition coefficient (Wildman–Crippen LogP) is 5.60. The van der Waals surface area contributed by atoms with E-state index >= 15 is 0 Å². The number of amides is 1. The van der Waals surface area contributed by atoms with Crippen LogP contribution in [0, 0.1) is 12.7 Å². The summed E-state index contributed by atoms with van der Waals surface area (Å²) in [6, 6.07) is 14.1. The number of para-hydroxylation sites is 1. The first-order valence-corrected chi connectivity index (χ1v) is 12.8. The van der Waals surface area contributed by atoms with E-state index in [1.165, 1.54) is 23.5 Å². The number of halogens is 1. The Morgan fingerprint density at radius 1 is 1.18 bits per heavy atom. The molecule has 0 saturated carbocycles. The molecule has 0 aliphatic carbocycles. The maximum Gasteiger partial charge on any atom is 0.274 e. The van der Waals surface area contributed by atoms with Crippen LogP contribution in [0.25, 0.3) is 20.7 Å². The molecule has 4 aromatic rings. The fourth-order valence-corrected chi connectivity index (χ4v) is 6.22. The molecule has 1 amide bonds. The molecule has 1 N–H and O–H groups in total. The SMILES string of the molecule is COC1CCCN(C(=O)c2nc(C)sc2-c2ccc(F)cc2)C1CNc1nc2ccccc2s1. The summed E-state index contributed by atoms with van der Waals surface area (Å²) in [5.41, 5.74) is 2.16. The second-order valence-electron chi connectivity index (χ2n) is 8.27. The highest BCUT2D eigenvalue weighted by molar-refractivity contribution is 7.22. The number of aryl methyl sites for hydroxylation is 1. The van der Waals surface area contributed by atoms with Gasteiger partial charge in [-0.1, -0.05) is 35.6 Å². The van der Waals surface area contributed by atoms with Crippen molar-refractivity contribution in [2.24, 2.45) is 0 Å². The normalized spacial score (nSPS) is 18.4. The number of nitrogens with one attached hydrogen (secondary N) is 1. The summed E-state index contributed by atoms with van der Waals surface area (Å²) in [5.74, 6) is -0.431. The van der Waals surface area contributed by atoms with Crippen LogP contribution in [0.2, 0.25) is 0 Å². The van der Waals surface area contributed by atoms with Gasteiger partial charge >= 0.3 is 0 Å². The molecule has 3 heterocycles. The number of fused-ring (bicyclic) bond motifs is 1. The number of carbonyl (C=O) groups excluding carboxylic acids is 1. The van der Waals surface area contributed by atoms with E-state index in [0.717, 1.165) is 43.6 Å². The van der Waals surface area contributed by atoms with Gasteiger partial charge in [-0.05, 0) is 49.6 Å². The lowest BCUT2D eigenvalue weighted by Crippen LogP contribution is -2.54. The van der Waals surface area contributed by atoms with E-state index in [4.69, 9.17) is 4.74 Å². The van der Waals surface area contributed by atoms with Crippen LogP contribution < -0.4 is 5.32 Å². The van der Waals surface area contributed by atoms with Crippen LogP contribution in [0.1, 0.15) is 28.3 Å². The van der Waals surface area contributed by atoms with Crippen molar-refractivity contribution in [2.45, 2.75) is 31.9 Å². The third-order valence-corrected chi connectivity index (χ3v) is 8.09. The van der Waals surface area contributed by atoms with Gasteiger partial charge in [-0.15, -0.1) is 11.3 Å². The molecule has 1 aliphatic rings. The van der Waals surface area contributed by atoms with Crippen molar-refractivity contribution in [3.63, 3.8) is 0 Å². The highest BCUT2D eigenvalue weighted by Gasteiger charge is 2.36. The van der Waals surface area contributed by atoms with E-state index in [0.29, 0.717) is 18.8 Å². The first kappa shape index (κ1) is 22.9. The van der Waals surface area contributed by atoms with E-state index in [1.807, 2.05) is 36.1 Å². The fourth-order valence-electron chi connectivity index (χ4n) is 4.44.